The van der Waals surface area contributed by atoms with Crippen LogP contribution in [0.3, 0.4) is 0 Å². The number of anilines is 1. The first-order chi connectivity index (χ1) is 9.37. The van der Waals surface area contributed by atoms with Crippen LogP contribution in [0.1, 0.15) is 11.5 Å². The molecule has 20 heavy (non-hydrogen) atoms. The summed E-state index contributed by atoms with van der Waals surface area (Å²) in [6.45, 7) is 1.64. The van der Waals surface area contributed by atoms with Crippen LogP contribution < -0.4 is 4.72 Å². The molecule has 8 nitrogen and oxygen atoms in total. The molecule has 2 aromatic rings. The third kappa shape index (κ3) is 3.32. The molecule has 0 aliphatic rings. The van der Waals surface area contributed by atoms with Crippen molar-refractivity contribution in [2.24, 2.45) is 0 Å². The van der Waals surface area contributed by atoms with E-state index in [1.807, 2.05) is 0 Å². The zero-order valence-electron chi connectivity index (χ0n) is 10.5. The highest BCUT2D eigenvalue weighted by Crippen LogP contribution is 2.14. The molecule has 0 amide bonds. The average Bonchev–Trinajstić information content (AvgIpc) is 2.78. The van der Waals surface area contributed by atoms with Gasteiger partial charge in [-0.2, -0.15) is 8.42 Å². The number of hydrogen-bond acceptors (Lipinski definition) is 5. The number of aromatic nitrogens is 3. The number of nitrogens with zero attached hydrogens (tertiary/aromatic N) is 2. The van der Waals surface area contributed by atoms with Gasteiger partial charge >= 0.3 is 5.97 Å². The third-order valence-electron chi connectivity index (χ3n) is 2.38. The van der Waals surface area contributed by atoms with E-state index in [4.69, 9.17) is 5.11 Å². The zero-order valence-corrected chi connectivity index (χ0v) is 11.3. The van der Waals surface area contributed by atoms with Crippen LogP contribution in [0.15, 0.2) is 29.6 Å². The Kier molecular flexibility index (Phi) is 3.70. The number of aromatic amines is 1. The highest BCUT2D eigenvalue weighted by atomic mass is 32.2. The van der Waals surface area contributed by atoms with Gasteiger partial charge in [0.15, 0.2) is 5.03 Å². The average molecular weight is 296 g/mol. The zero-order chi connectivity index (χ0) is 14.8. The Balaban J connectivity index is 2.15. The van der Waals surface area contributed by atoms with Crippen LogP contribution in [-0.2, 0) is 21.2 Å². The first kappa shape index (κ1) is 14.0. The van der Waals surface area contributed by atoms with Gasteiger partial charge < -0.3 is 10.1 Å². The maximum Gasteiger partial charge on any atom is 0.309 e. The molecule has 0 bridgehead atoms. The van der Waals surface area contributed by atoms with Gasteiger partial charge in [0.2, 0.25) is 0 Å². The van der Waals surface area contributed by atoms with Crippen molar-refractivity contribution in [3.05, 3.63) is 36.0 Å². The lowest BCUT2D eigenvalue weighted by molar-refractivity contribution is -0.136. The minimum absolute atomic E-state index is 0.0513. The molecule has 0 aliphatic heterocycles. The van der Waals surface area contributed by atoms with Gasteiger partial charge in [0.25, 0.3) is 10.0 Å². The summed E-state index contributed by atoms with van der Waals surface area (Å²) in [5.74, 6) is -0.515. The van der Waals surface area contributed by atoms with E-state index in [0.717, 1.165) is 0 Å². The molecule has 2 heterocycles. The van der Waals surface area contributed by atoms with Gasteiger partial charge in [0, 0.05) is 0 Å². The fourth-order valence-corrected chi connectivity index (χ4v) is 2.50. The van der Waals surface area contributed by atoms with E-state index in [0.29, 0.717) is 11.5 Å². The number of sulfonamides is 1. The largest absolute Gasteiger partial charge is 0.481 e. The third-order valence-corrected chi connectivity index (χ3v) is 3.67. The van der Waals surface area contributed by atoms with Crippen LogP contribution in [0.25, 0.3) is 0 Å². The normalized spacial score (nSPS) is 11.2. The lowest BCUT2D eigenvalue weighted by atomic mass is 10.3. The Labute approximate surface area is 114 Å². The van der Waals surface area contributed by atoms with Gasteiger partial charge in [0.1, 0.15) is 5.82 Å². The maximum absolute atomic E-state index is 12.0. The fraction of sp³-hybridized carbons (Fsp3) is 0.182. The van der Waals surface area contributed by atoms with E-state index in [9.17, 15) is 13.2 Å². The van der Waals surface area contributed by atoms with Gasteiger partial charge in [-0.25, -0.2) is 4.98 Å². The second-order valence-corrected chi connectivity index (χ2v) is 5.70. The molecule has 0 radical (unpaired) electrons. The van der Waals surface area contributed by atoms with Crippen molar-refractivity contribution in [2.75, 3.05) is 4.72 Å². The maximum atomic E-state index is 12.0. The summed E-state index contributed by atoms with van der Waals surface area (Å²) < 4.78 is 26.3. The van der Waals surface area contributed by atoms with E-state index < -0.39 is 16.0 Å². The topological polar surface area (TPSA) is 125 Å². The molecule has 2 rings (SSSR count). The summed E-state index contributed by atoms with van der Waals surface area (Å²) in [5, 5.41) is 8.56. The van der Waals surface area contributed by atoms with Crippen LogP contribution in [0.4, 0.5) is 5.69 Å². The van der Waals surface area contributed by atoms with Crippen molar-refractivity contribution in [3.8, 4) is 0 Å². The second-order valence-electron chi connectivity index (χ2n) is 4.05. The van der Waals surface area contributed by atoms with E-state index in [2.05, 4.69) is 19.7 Å². The van der Waals surface area contributed by atoms with Crippen molar-refractivity contribution >= 4 is 21.7 Å². The van der Waals surface area contributed by atoms with Crippen LogP contribution >= 0.6 is 0 Å². The smallest absolute Gasteiger partial charge is 0.309 e. The van der Waals surface area contributed by atoms with Crippen molar-refractivity contribution in [3.63, 3.8) is 0 Å². The summed E-state index contributed by atoms with van der Waals surface area (Å²) in [7, 11) is -3.75. The Morgan fingerprint density at radius 2 is 2.10 bits per heavy atom. The number of carboxylic acids is 1. The van der Waals surface area contributed by atoms with Gasteiger partial charge in [-0.3, -0.25) is 14.5 Å². The van der Waals surface area contributed by atoms with E-state index in [1.54, 1.807) is 6.92 Å². The molecule has 0 aromatic carbocycles. The highest BCUT2D eigenvalue weighted by molar-refractivity contribution is 7.92. The van der Waals surface area contributed by atoms with Crippen molar-refractivity contribution < 1.29 is 18.3 Å². The van der Waals surface area contributed by atoms with Crippen LogP contribution in [0.5, 0.6) is 0 Å². The predicted molar refractivity (Wildman–Crippen MR) is 69.7 cm³/mol. The number of carboxylic acid groups (broad SMARTS) is 1. The number of aliphatic carboxylic acids is 1. The van der Waals surface area contributed by atoms with Crippen LogP contribution in [-0.4, -0.2) is 34.4 Å². The molecule has 0 aliphatic carbocycles. The van der Waals surface area contributed by atoms with Crippen LogP contribution in [0.2, 0.25) is 0 Å². The first-order valence-corrected chi connectivity index (χ1v) is 7.06. The van der Waals surface area contributed by atoms with Crippen LogP contribution in [0, 0.1) is 6.92 Å². The molecule has 106 valence electrons. The summed E-state index contributed by atoms with van der Waals surface area (Å²) in [6.07, 6.45) is 2.26. The lowest BCUT2D eigenvalue weighted by Crippen LogP contribution is -2.14. The van der Waals surface area contributed by atoms with Gasteiger partial charge in [-0.1, -0.05) is 0 Å². The highest BCUT2D eigenvalue weighted by Gasteiger charge is 2.16. The number of imidazole rings is 1. The number of nitrogens with one attached hydrogen (secondary N) is 2. The summed E-state index contributed by atoms with van der Waals surface area (Å²) in [5.41, 5.74) is 0.587. The molecule has 0 fully saturated rings. The summed E-state index contributed by atoms with van der Waals surface area (Å²) in [6, 6.07) is 2.90. The Hall–Kier alpha value is -2.42. The molecule has 0 unspecified atom stereocenters. The van der Waals surface area contributed by atoms with Crippen molar-refractivity contribution in [2.45, 2.75) is 18.4 Å². The molecule has 2 aromatic heterocycles. The Morgan fingerprint density at radius 3 is 2.60 bits per heavy atom. The SMILES string of the molecule is Cc1ncc(S(=O)(=O)Nc2ccc(CC(=O)O)nc2)[nH]1. The molecule has 9 heteroatoms. The molecule has 0 atom stereocenters. The summed E-state index contributed by atoms with van der Waals surface area (Å²) >= 11 is 0. The molecule has 0 saturated heterocycles. The van der Waals surface area contributed by atoms with Gasteiger partial charge in [-0.15, -0.1) is 0 Å². The summed E-state index contributed by atoms with van der Waals surface area (Å²) in [4.78, 5) is 20.8. The van der Waals surface area contributed by atoms with E-state index in [-0.39, 0.29) is 17.1 Å². The number of hydrogen-bond donors (Lipinski definition) is 3. The van der Waals surface area contributed by atoms with Crippen molar-refractivity contribution in [1.82, 2.24) is 15.0 Å². The molecule has 0 spiro atoms. The monoisotopic (exact) mass is 296 g/mol. The minimum atomic E-state index is -3.75. The quantitative estimate of drug-likeness (QED) is 0.739. The number of carbonyl (C=O) groups is 1. The molecule has 0 saturated carbocycles. The Morgan fingerprint density at radius 1 is 1.35 bits per heavy atom. The number of aryl methyl sites for hydroxylation is 1. The second kappa shape index (κ2) is 5.29. The van der Waals surface area contributed by atoms with Crippen molar-refractivity contribution in [1.29, 1.82) is 0 Å². The standard InChI is InChI=1S/C11H12N4O4S/c1-7-12-6-10(14-7)20(18,19)15-9-3-2-8(13-5-9)4-11(16)17/h2-3,5-6,15H,4H2,1H3,(H,12,14)(H,16,17). The Bertz CT molecular complexity index is 721. The number of H-pyrrole nitrogens is 1. The van der Waals surface area contributed by atoms with Gasteiger partial charge in [-0.05, 0) is 19.1 Å². The lowest BCUT2D eigenvalue weighted by Gasteiger charge is -2.06. The first-order valence-electron chi connectivity index (χ1n) is 5.58. The number of pyridine rings is 1. The minimum Gasteiger partial charge on any atom is -0.481 e. The predicted octanol–water partition coefficient (Wildman–Crippen LogP) is 0.541. The van der Waals surface area contributed by atoms with Gasteiger partial charge in [0.05, 0.1) is 30.2 Å². The number of rotatable bonds is 5. The molecular formula is C11H12N4O4S. The van der Waals surface area contributed by atoms with E-state index in [1.165, 1.54) is 24.5 Å². The molecular weight excluding hydrogens is 284 g/mol. The fourth-order valence-electron chi connectivity index (χ4n) is 1.49. The van der Waals surface area contributed by atoms with E-state index >= 15 is 0 Å². The molecule has 3 N–H and O–H groups in total.